The van der Waals surface area contributed by atoms with Crippen LogP contribution in [0.2, 0.25) is 0 Å². The summed E-state index contributed by atoms with van der Waals surface area (Å²) in [5.74, 6) is -0.339. The number of hydrogen-bond acceptors (Lipinski definition) is 3. The molecule has 4 nitrogen and oxygen atoms in total. The van der Waals surface area contributed by atoms with Crippen LogP contribution in [0.3, 0.4) is 0 Å². The van der Waals surface area contributed by atoms with Gasteiger partial charge in [0.25, 0.3) is 5.91 Å². The third-order valence-corrected chi connectivity index (χ3v) is 3.54. The van der Waals surface area contributed by atoms with Gasteiger partial charge in [0.05, 0.1) is 0 Å². The van der Waals surface area contributed by atoms with Crippen molar-refractivity contribution in [2.45, 2.75) is 6.92 Å². The first-order valence-corrected chi connectivity index (χ1v) is 7.65. The predicted octanol–water partition coefficient (Wildman–Crippen LogP) is 3.78. The number of halogens is 1. The molecule has 0 saturated heterocycles. The van der Waals surface area contributed by atoms with E-state index in [1.807, 2.05) is 6.07 Å². The van der Waals surface area contributed by atoms with Gasteiger partial charge in [0.15, 0.2) is 10.9 Å². The molecule has 0 aliphatic rings. The maximum Gasteiger partial charge on any atom is 0.257 e. The molecular formula is C16H13BrN2O2S. The molecule has 0 spiro atoms. The van der Waals surface area contributed by atoms with Crippen LogP contribution in [-0.4, -0.2) is 16.8 Å². The quantitative estimate of drug-likeness (QED) is 0.632. The topological polar surface area (TPSA) is 58.2 Å². The zero-order valence-corrected chi connectivity index (χ0v) is 14.1. The number of benzene rings is 2. The van der Waals surface area contributed by atoms with Crippen molar-refractivity contribution >= 4 is 50.6 Å². The lowest BCUT2D eigenvalue weighted by Crippen LogP contribution is -2.34. The Balaban J connectivity index is 2.02. The number of thiocarbonyl (C=S) groups is 1. The van der Waals surface area contributed by atoms with E-state index >= 15 is 0 Å². The van der Waals surface area contributed by atoms with E-state index in [9.17, 15) is 9.59 Å². The maximum absolute atomic E-state index is 12.1. The highest BCUT2D eigenvalue weighted by atomic mass is 79.9. The van der Waals surface area contributed by atoms with E-state index in [1.165, 1.54) is 6.92 Å². The summed E-state index contributed by atoms with van der Waals surface area (Å²) in [6.45, 7) is 1.49. The summed E-state index contributed by atoms with van der Waals surface area (Å²) in [6, 6.07) is 13.9. The lowest BCUT2D eigenvalue weighted by Gasteiger charge is -2.10. The van der Waals surface area contributed by atoms with Gasteiger partial charge in [-0.2, -0.15) is 0 Å². The molecule has 0 bridgehead atoms. The molecule has 0 aliphatic carbocycles. The number of carbonyl (C=O) groups is 2. The Hall–Kier alpha value is -2.05. The van der Waals surface area contributed by atoms with Gasteiger partial charge < -0.3 is 5.32 Å². The number of carbonyl (C=O) groups excluding carboxylic acids is 2. The molecule has 0 atom stereocenters. The maximum atomic E-state index is 12.1. The fourth-order valence-electron chi connectivity index (χ4n) is 1.78. The van der Waals surface area contributed by atoms with Gasteiger partial charge in [-0.25, -0.2) is 0 Å². The molecule has 0 aliphatic heterocycles. The van der Waals surface area contributed by atoms with Crippen LogP contribution in [0.25, 0.3) is 0 Å². The first-order chi connectivity index (χ1) is 10.5. The van der Waals surface area contributed by atoms with Crippen LogP contribution in [0.15, 0.2) is 53.0 Å². The minimum absolute atomic E-state index is 0.0345. The van der Waals surface area contributed by atoms with Crippen molar-refractivity contribution in [3.05, 3.63) is 64.1 Å². The average Bonchev–Trinajstić information content (AvgIpc) is 2.47. The Kier molecular flexibility index (Phi) is 5.41. The summed E-state index contributed by atoms with van der Waals surface area (Å²) in [4.78, 5) is 23.4. The Labute approximate surface area is 142 Å². The molecule has 22 heavy (non-hydrogen) atoms. The highest BCUT2D eigenvalue weighted by molar-refractivity contribution is 9.10. The number of anilines is 1. The molecule has 6 heteroatoms. The second kappa shape index (κ2) is 7.29. The van der Waals surface area contributed by atoms with E-state index in [-0.39, 0.29) is 16.8 Å². The van der Waals surface area contributed by atoms with E-state index in [2.05, 4.69) is 26.6 Å². The zero-order valence-electron chi connectivity index (χ0n) is 11.7. The third kappa shape index (κ3) is 4.47. The van der Waals surface area contributed by atoms with Crippen LogP contribution >= 0.6 is 28.1 Å². The van der Waals surface area contributed by atoms with Crippen molar-refractivity contribution in [1.29, 1.82) is 0 Å². The standard InChI is InChI=1S/C16H13BrN2O2S/c1-10(20)11-4-3-7-14(9-11)18-16(22)19-15(21)12-5-2-6-13(17)8-12/h2-9H,1H3,(H2,18,19,21,22). The smallest absolute Gasteiger partial charge is 0.257 e. The number of nitrogens with one attached hydrogen (secondary N) is 2. The fraction of sp³-hybridized carbons (Fsp3) is 0.0625. The SMILES string of the molecule is CC(=O)c1cccc(NC(=S)NC(=O)c2cccc(Br)c2)c1. The summed E-state index contributed by atoms with van der Waals surface area (Å²) >= 11 is 8.43. The summed E-state index contributed by atoms with van der Waals surface area (Å²) in [5, 5.41) is 5.66. The average molecular weight is 377 g/mol. The van der Waals surface area contributed by atoms with Gasteiger partial charge in [0.1, 0.15) is 0 Å². The van der Waals surface area contributed by atoms with Gasteiger partial charge in [0, 0.05) is 21.3 Å². The molecule has 0 heterocycles. The molecule has 0 radical (unpaired) electrons. The number of Topliss-reactive ketones (excluding diaryl/α,β-unsaturated/α-hetero) is 1. The fourth-order valence-corrected chi connectivity index (χ4v) is 2.39. The molecule has 2 rings (SSSR count). The molecule has 0 saturated carbocycles. The minimum atomic E-state index is -0.304. The largest absolute Gasteiger partial charge is 0.332 e. The second-order valence-corrected chi connectivity index (χ2v) is 5.88. The number of hydrogen-bond donors (Lipinski definition) is 2. The van der Waals surface area contributed by atoms with Crippen LogP contribution in [0.4, 0.5) is 5.69 Å². The molecule has 112 valence electrons. The molecule has 0 aromatic heterocycles. The number of ketones is 1. The van der Waals surface area contributed by atoms with Crippen molar-refractivity contribution in [2.24, 2.45) is 0 Å². The predicted molar refractivity (Wildman–Crippen MR) is 94.3 cm³/mol. The highest BCUT2D eigenvalue weighted by Crippen LogP contribution is 2.13. The zero-order chi connectivity index (χ0) is 16.1. The monoisotopic (exact) mass is 376 g/mol. The van der Waals surface area contributed by atoms with Gasteiger partial charge in [0.2, 0.25) is 0 Å². The normalized spacial score (nSPS) is 9.91. The summed E-state index contributed by atoms with van der Waals surface area (Å²) < 4.78 is 0.813. The molecule has 1 amide bonds. The van der Waals surface area contributed by atoms with E-state index in [0.717, 1.165) is 4.47 Å². The van der Waals surface area contributed by atoms with E-state index in [4.69, 9.17) is 12.2 Å². The van der Waals surface area contributed by atoms with Gasteiger partial charge >= 0.3 is 0 Å². The van der Waals surface area contributed by atoms with E-state index < -0.39 is 0 Å². The summed E-state index contributed by atoms with van der Waals surface area (Å²) in [5.41, 5.74) is 1.72. The molecule has 2 N–H and O–H groups in total. The number of amides is 1. The van der Waals surface area contributed by atoms with Gasteiger partial charge in [-0.05, 0) is 49.5 Å². The van der Waals surface area contributed by atoms with Crippen molar-refractivity contribution in [2.75, 3.05) is 5.32 Å². The lowest BCUT2D eigenvalue weighted by atomic mass is 10.1. The summed E-state index contributed by atoms with van der Waals surface area (Å²) in [6.07, 6.45) is 0. The van der Waals surface area contributed by atoms with Crippen LogP contribution < -0.4 is 10.6 Å². The first-order valence-electron chi connectivity index (χ1n) is 6.44. The van der Waals surface area contributed by atoms with Crippen LogP contribution in [-0.2, 0) is 0 Å². The van der Waals surface area contributed by atoms with E-state index in [1.54, 1.807) is 42.5 Å². The first kappa shape index (κ1) is 16.3. The van der Waals surface area contributed by atoms with Crippen molar-refractivity contribution in [3.63, 3.8) is 0 Å². The molecule has 0 unspecified atom stereocenters. The van der Waals surface area contributed by atoms with Crippen LogP contribution in [0.1, 0.15) is 27.6 Å². The Bertz CT molecular complexity index is 746. The molecule has 2 aromatic rings. The minimum Gasteiger partial charge on any atom is -0.332 e. The van der Waals surface area contributed by atoms with Crippen LogP contribution in [0, 0.1) is 0 Å². The van der Waals surface area contributed by atoms with Crippen molar-refractivity contribution in [3.8, 4) is 0 Å². The summed E-state index contributed by atoms with van der Waals surface area (Å²) in [7, 11) is 0. The lowest BCUT2D eigenvalue weighted by molar-refractivity contribution is 0.0975. The van der Waals surface area contributed by atoms with Gasteiger partial charge in [-0.1, -0.05) is 34.1 Å². The van der Waals surface area contributed by atoms with Crippen molar-refractivity contribution in [1.82, 2.24) is 5.32 Å². The third-order valence-electron chi connectivity index (χ3n) is 2.84. The van der Waals surface area contributed by atoms with E-state index in [0.29, 0.717) is 16.8 Å². The Morgan fingerprint density at radius 1 is 1.05 bits per heavy atom. The van der Waals surface area contributed by atoms with Crippen LogP contribution in [0.5, 0.6) is 0 Å². The molecular weight excluding hydrogens is 364 g/mol. The second-order valence-electron chi connectivity index (χ2n) is 4.56. The Morgan fingerprint density at radius 2 is 1.73 bits per heavy atom. The van der Waals surface area contributed by atoms with Crippen molar-refractivity contribution < 1.29 is 9.59 Å². The molecule has 2 aromatic carbocycles. The molecule has 0 fully saturated rings. The highest BCUT2D eigenvalue weighted by Gasteiger charge is 2.08. The van der Waals surface area contributed by atoms with Gasteiger partial charge in [-0.3, -0.25) is 14.9 Å². The Morgan fingerprint density at radius 3 is 2.41 bits per heavy atom. The number of rotatable bonds is 3. The van der Waals surface area contributed by atoms with Gasteiger partial charge in [-0.15, -0.1) is 0 Å².